The predicted molar refractivity (Wildman–Crippen MR) is 52.6 cm³/mol. The fourth-order valence-electron chi connectivity index (χ4n) is 1.12. The highest BCUT2D eigenvalue weighted by Gasteiger charge is 2.25. The van der Waals surface area contributed by atoms with E-state index in [0.717, 1.165) is 0 Å². The molecule has 0 saturated carbocycles. The van der Waals surface area contributed by atoms with Crippen LogP contribution >= 0.6 is 0 Å². The summed E-state index contributed by atoms with van der Waals surface area (Å²) in [5.74, 6) is 1.54. The number of hydrogen-bond donors (Lipinski definition) is 1. The molecular weight excluding hydrogens is 181 g/mol. The van der Waals surface area contributed by atoms with Crippen molar-refractivity contribution in [1.82, 2.24) is 5.32 Å². The average molecular weight is 191 g/mol. The maximum absolute atomic E-state index is 10.9. The summed E-state index contributed by atoms with van der Waals surface area (Å²) in [6.45, 7) is 0. The Morgan fingerprint density at radius 2 is 1.38 bits per heavy atom. The molecule has 0 radical (unpaired) electrons. The van der Waals surface area contributed by atoms with Crippen molar-refractivity contribution in [3.8, 4) is 0 Å². The molecule has 1 aromatic carbocycles. The van der Waals surface area contributed by atoms with Crippen LogP contribution in [0.1, 0.15) is 20.7 Å². The minimum absolute atomic E-state index is 0.300. The molecule has 0 unspecified atom stereocenters. The zero-order valence-electron chi connectivity index (χ0n) is 7.63. The van der Waals surface area contributed by atoms with Gasteiger partial charge in [-0.05, 0) is 12.1 Å². The van der Waals surface area contributed by atoms with Gasteiger partial charge in [0.25, 0.3) is 11.8 Å². The van der Waals surface area contributed by atoms with Gasteiger partial charge in [-0.1, -0.05) is 12.1 Å². The molecule has 3 nitrogen and oxygen atoms in total. The van der Waals surface area contributed by atoms with Crippen LogP contribution in [0.4, 0.5) is 0 Å². The van der Waals surface area contributed by atoms with E-state index < -0.39 is 0 Å². The Bertz CT molecular complexity index is 316. The Kier molecular flexibility index (Phi) is 3.24. The lowest BCUT2D eigenvalue weighted by Crippen LogP contribution is -2.19. The molecule has 1 heterocycles. The second-order valence-electron chi connectivity index (χ2n) is 2.33. The van der Waals surface area contributed by atoms with Crippen LogP contribution in [0, 0.1) is 0 Å². The van der Waals surface area contributed by atoms with Crippen LogP contribution in [0.2, 0.25) is 5.79 Å². The van der Waals surface area contributed by atoms with Gasteiger partial charge in [-0.3, -0.25) is 14.9 Å². The molecule has 1 aliphatic rings. The first-order valence-corrected chi connectivity index (χ1v) is 6.24. The van der Waals surface area contributed by atoms with Gasteiger partial charge in [-0.15, -0.1) is 5.79 Å². The number of benzene rings is 1. The molecule has 4 heteroatoms. The van der Waals surface area contributed by atoms with Gasteiger partial charge in [-0.25, -0.2) is 0 Å². The smallest absolute Gasteiger partial charge is 0.258 e. The van der Waals surface area contributed by atoms with E-state index >= 15 is 0 Å². The lowest BCUT2D eigenvalue weighted by molar-refractivity contribution is 0.0879. The van der Waals surface area contributed by atoms with Gasteiger partial charge in [-0.2, -0.15) is 0 Å². The molecule has 0 bridgehead atoms. The molecule has 0 spiro atoms. The highest BCUT2D eigenvalue weighted by molar-refractivity contribution is 6.21. The maximum atomic E-state index is 10.9. The van der Waals surface area contributed by atoms with Crippen LogP contribution in [0.5, 0.6) is 0 Å². The van der Waals surface area contributed by atoms with Crippen LogP contribution < -0.4 is 5.32 Å². The Morgan fingerprint density at radius 1 is 1.00 bits per heavy atom. The van der Waals surface area contributed by atoms with Gasteiger partial charge in [0.1, 0.15) is 0 Å². The van der Waals surface area contributed by atoms with E-state index in [4.69, 9.17) is 0 Å². The summed E-state index contributed by atoms with van der Waals surface area (Å²) in [6.07, 6.45) is 0. The van der Waals surface area contributed by atoms with Gasteiger partial charge in [0.05, 0.1) is 11.1 Å². The molecule has 1 N–H and O–H groups in total. The fraction of sp³-hybridized carbons (Fsp3) is 0.111. The van der Waals surface area contributed by atoms with Crippen LogP contribution in [-0.4, -0.2) is 28.1 Å². The molecule has 2 rings (SSSR count). The molecule has 2 amide bonds. The SMILES string of the molecule is O=C1NC(=O)c2ccccc21.[CH3][AlH2]. The topological polar surface area (TPSA) is 46.2 Å². The Morgan fingerprint density at radius 3 is 1.77 bits per heavy atom. The molecule has 0 saturated heterocycles. The normalized spacial score (nSPS) is 12.7. The lowest BCUT2D eigenvalue weighted by atomic mass is 10.1. The minimum atomic E-state index is -0.300. The quantitative estimate of drug-likeness (QED) is 0.471. The number of carbonyl (C=O) groups excluding carboxylic acids is 2. The first-order valence-electron chi connectivity index (χ1n) is 4.24. The van der Waals surface area contributed by atoms with E-state index in [9.17, 15) is 9.59 Å². The third-order valence-electron chi connectivity index (χ3n) is 1.64. The standard InChI is InChI=1S/C8H5NO2.CH3.Al.2H/c10-7-5-3-1-2-4-6(5)8(11)9-7;;;;/h1-4H,(H,9,10,11);1H3;;;. The van der Waals surface area contributed by atoms with E-state index in [-0.39, 0.29) is 11.8 Å². The van der Waals surface area contributed by atoms with Crippen LogP contribution in [-0.2, 0) is 0 Å². The van der Waals surface area contributed by atoms with Crippen molar-refractivity contribution in [1.29, 1.82) is 0 Å². The molecule has 0 aromatic heterocycles. The predicted octanol–water partition coefficient (Wildman–Crippen LogP) is 0.238. The number of nitrogens with one attached hydrogen (secondary N) is 1. The first kappa shape index (κ1) is 9.98. The van der Waals surface area contributed by atoms with Gasteiger partial charge in [0.2, 0.25) is 16.3 Å². The van der Waals surface area contributed by atoms with Gasteiger partial charge in [0, 0.05) is 0 Å². The molecule has 0 fully saturated rings. The monoisotopic (exact) mass is 191 g/mol. The second kappa shape index (κ2) is 4.22. The minimum Gasteiger partial charge on any atom is -0.288 e. The third kappa shape index (κ3) is 1.80. The van der Waals surface area contributed by atoms with Crippen molar-refractivity contribution in [2.45, 2.75) is 5.79 Å². The van der Waals surface area contributed by atoms with Crippen molar-refractivity contribution >= 4 is 28.1 Å². The fourth-order valence-corrected chi connectivity index (χ4v) is 1.12. The van der Waals surface area contributed by atoms with Gasteiger partial charge < -0.3 is 0 Å². The molecule has 13 heavy (non-hydrogen) atoms. The van der Waals surface area contributed by atoms with Crippen LogP contribution in [0.15, 0.2) is 24.3 Å². The number of amides is 2. The van der Waals surface area contributed by atoms with E-state index in [1.165, 1.54) is 16.3 Å². The summed E-state index contributed by atoms with van der Waals surface area (Å²) in [7, 11) is 0. The van der Waals surface area contributed by atoms with E-state index in [0.29, 0.717) is 11.1 Å². The summed E-state index contributed by atoms with van der Waals surface area (Å²) >= 11 is 1.31. The zero-order valence-corrected chi connectivity index (χ0v) is 9.63. The van der Waals surface area contributed by atoms with E-state index in [1.807, 2.05) is 0 Å². The van der Waals surface area contributed by atoms with Crippen LogP contribution in [0.25, 0.3) is 0 Å². The number of fused-ring (bicyclic) bond motifs is 1. The molecule has 66 valence electrons. The third-order valence-corrected chi connectivity index (χ3v) is 1.64. The van der Waals surface area contributed by atoms with Crippen molar-refractivity contribution in [2.75, 3.05) is 0 Å². The van der Waals surface area contributed by atoms with Crippen LogP contribution in [0.3, 0.4) is 0 Å². The largest absolute Gasteiger partial charge is 0.288 e. The maximum Gasteiger partial charge on any atom is 0.258 e. The second-order valence-corrected chi connectivity index (χ2v) is 2.33. The molecule has 0 atom stereocenters. The Hall–Kier alpha value is -1.11. The van der Waals surface area contributed by atoms with Crippen molar-refractivity contribution in [3.63, 3.8) is 0 Å². The van der Waals surface area contributed by atoms with Gasteiger partial charge >= 0.3 is 0 Å². The summed E-state index contributed by atoms with van der Waals surface area (Å²) < 4.78 is 0. The lowest BCUT2D eigenvalue weighted by Gasteiger charge is -1.88. The van der Waals surface area contributed by atoms with E-state index in [1.54, 1.807) is 24.3 Å². The summed E-state index contributed by atoms with van der Waals surface area (Å²) in [5, 5.41) is 2.20. The molecule has 1 aliphatic heterocycles. The first-order chi connectivity index (χ1) is 6.29. The molecule has 1 aromatic rings. The number of carbonyl (C=O) groups is 2. The summed E-state index contributed by atoms with van der Waals surface area (Å²) in [5.41, 5.74) is 0.940. The Labute approximate surface area is 84.6 Å². The summed E-state index contributed by atoms with van der Waals surface area (Å²) in [6, 6.07) is 6.74. The highest BCUT2D eigenvalue weighted by Crippen LogP contribution is 2.13. The molecular formula is C9H10AlNO2. The number of hydrogen-bond acceptors (Lipinski definition) is 2. The number of rotatable bonds is 0. The van der Waals surface area contributed by atoms with E-state index in [2.05, 4.69) is 11.1 Å². The Balaban J connectivity index is 0.000000396. The zero-order chi connectivity index (χ0) is 9.84. The van der Waals surface area contributed by atoms with Crippen molar-refractivity contribution in [3.05, 3.63) is 35.4 Å². The highest BCUT2D eigenvalue weighted by atomic mass is 27.0. The number of imide groups is 1. The average Bonchev–Trinajstić information content (AvgIpc) is 2.47. The van der Waals surface area contributed by atoms with Crippen molar-refractivity contribution < 1.29 is 9.59 Å². The van der Waals surface area contributed by atoms with Crippen molar-refractivity contribution in [2.24, 2.45) is 0 Å². The summed E-state index contributed by atoms with van der Waals surface area (Å²) in [4.78, 5) is 21.9. The van der Waals surface area contributed by atoms with Gasteiger partial charge in [0.15, 0.2) is 0 Å². The molecule has 0 aliphatic carbocycles.